The summed E-state index contributed by atoms with van der Waals surface area (Å²) in [6.45, 7) is 0. The number of carbonyl (C=O) groups is 1. The van der Waals surface area contributed by atoms with Crippen LogP contribution >= 0.6 is 15.9 Å². The van der Waals surface area contributed by atoms with E-state index in [0.717, 1.165) is 15.8 Å². The van der Waals surface area contributed by atoms with Gasteiger partial charge in [0.15, 0.2) is 5.78 Å². The van der Waals surface area contributed by atoms with Crippen LogP contribution in [0.1, 0.15) is 16.8 Å². The van der Waals surface area contributed by atoms with Crippen LogP contribution in [0.3, 0.4) is 0 Å². The molecule has 1 aliphatic heterocycles. The highest BCUT2D eigenvalue weighted by Crippen LogP contribution is 2.34. The van der Waals surface area contributed by atoms with E-state index in [-0.39, 0.29) is 5.78 Å². The Morgan fingerprint density at radius 2 is 2.00 bits per heavy atom. The number of rotatable bonds is 0. The fourth-order valence-electron chi connectivity index (χ4n) is 1.94. The molecule has 3 heteroatoms. The smallest absolute Gasteiger partial charge is 0.190 e. The third kappa shape index (κ3) is 1.87. The minimum absolute atomic E-state index is 0.00111. The van der Waals surface area contributed by atoms with Crippen LogP contribution in [0.5, 0.6) is 5.75 Å². The summed E-state index contributed by atoms with van der Waals surface area (Å²) in [5.74, 6) is 1.38. The van der Waals surface area contributed by atoms with Crippen molar-refractivity contribution in [1.82, 2.24) is 0 Å². The number of hydrogen-bond donors (Lipinski definition) is 0. The van der Waals surface area contributed by atoms with E-state index in [1.54, 1.807) is 12.1 Å². The number of benzene rings is 1. The van der Waals surface area contributed by atoms with Crippen LogP contribution in [-0.4, -0.2) is 5.78 Å². The number of halogens is 1. The van der Waals surface area contributed by atoms with E-state index >= 15 is 0 Å². The van der Waals surface area contributed by atoms with Crippen LogP contribution in [-0.2, 0) is 0 Å². The van der Waals surface area contributed by atoms with E-state index in [1.165, 1.54) is 0 Å². The second-order valence-corrected chi connectivity index (χ2v) is 4.97. The molecule has 0 spiro atoms. The Bertz CT molecular complexity index is 594. The Morgan fingerprint density at radius 1 is 1.18 bits per heavy atom. The van der Waals surface area contributed by atoms with Gasteiger partial charge in [-0.05, 0) is 34.8 Å². The summed E-state index contributed by atoms with van der Waals surface area (Å²) in [5, 5.41) is 0. The topological polar surface area (TPSA) is 26.3 Å². The average Bonchev–Trinajstić information content (AvgIpc) is 2.46. The SMILES string of the molecule is O=C1C=C2CC(Br)=CC=C2Oc2ccccc21. The van der Waals surface area contributed by atoms with E-state index in [9.17, 15) is 4.79 Å². The largest absolute Gasteiger partial charge is 0.456 e. The summed E-state index contributed by atoms with van der Waals surface area (Å²) in [7, 11) is 0. The normalized spacial score (nSPS) is 17.9. The van der Waals surface area contributed by atoms with E-state index < -0.39 is 0 Å². The third-order valence-electron chi connectivity index (χ3n) is 2.77. The lowest BCUT2D eigenvalue weighted by atomic mass is 10.0. The van der Waals surface area contributed by atoms with Crippen molar-refractivity contribution >= 4 is 21.7 Å². The fourth-order valence-corrected chi connectivity index (χ4v) is 2.37. The van der Waals surface area contributed by atoms with Gasteiger partial charge in [0.2, 0.25) is 0 Å². The number of carbonyl (C=O) groups excluding carboxylic acids is 1. The molecule has 0 radical (unpaired) electrons. The van der Waals surface area contributed by atoms with Crippen LogP contribution in [0.25, 0.3) is 0 Å². The van der Waals surface area contributed by atoms with E-state index in [2.05, 4.69) is 15.9 Å². The minimum Gasteiger partial charge on any atom is -0.456 e. The van der Waals surface area contributed by atoms with Crippen LogP contribution in [0, 0.1) is 0 Å². The van der Waals surface area contributed by atoms with Crippen LogP contribution in [0.15, 0.2) is 58.3 Å². The standard InChI is InChI=1S/C14H9BrO2/c15-10-5-6-13-9(7-10)8-12(16)11-3-1-2-4-14(11)17-13/h1-6,8H,7H2. The molecular weight excluding hydrogens is 280 g/mol. The number of hydrogen-bond acceptors (Lipinski definition) is 2. The summed E-state index contributed by atoms with van der Waals surface area (Å²) >= 11 is 3.44. The Balaban J connectivity index is 2.14. The number of ketones is 1. The molecule has 0 N–H and O–H groups in total. The molecule has 1 aliphatic carbocycles. The van der Waals surface area contributed by atoms with Crippen LogP contribution in [0.4, 0.5) is 0 Å². The Hall–Kier alpha value is -1.61. The van der Waals surface area contributed by atoms with Gasteiger partial charge in [0.25, 0.3) is 0 Å². The second kappa shape index (κ2) is 4.00. The third-order valence-corrected chi connectivity index (χ3v) is 3.31. The highest BCUT2D eigenvalue weighted by molar-refractivity contribution is 9.11. The molecule has 17 heavy (non-hydrogen) atoms. The van der Waals surface area contributed by atoms with Crippen molar-refractivity contribution in [3.63, 3.8) is 0 Å². The lowest BCUT2D eigenvalue weighted by Crippen LogP contribution is -2.01. The lowest BCUT2D eigenvalue weighted by molar-refractivity contribution is 0.104. The molecular formula is C14H9BrO2. The van der Waals surface area contributed by atoms with E-state index in [0.29, 0.717) is 17.7 Å². The number of allylic oxidation sites excluding steroid dienone is 5. The first kappa shape index (κ1) is 10.5. The van der Waals surface area contributed by atoms with Gasteiger partial charge >= 0.3 is 0 Å². The van der Waals surface area contributed by atoms with Crippen molar-refractivity contribution in [2.24, 2.45) is 0 Å². The maximum atomic E-state index is 12.0. The zero-order chi connectivity index (χ0) is 11.8. The molecule has 2 nitrogen and oxygen atoms in total. The average molecular weight is 289 g/mol. The summed E-state index contributed by atoms with van der Waals surface area (Å²) in [6, 6.07) is 7.32. The van der Waals surface area contributed by atoms with Crippen LogP contribution in [0.2, 0.25) is 0 Å². The fraction of sp³-hybridized carbons (Fsp3) is 0.0714. The molecule has 0 fully saturated rings. The summed E-state index contributed by atoms with van der Waals surface area (Å²) < 4.78 is 6.84. The molecule has 0 saturated heterocycles. The Labute approximate surface area is 107 Å². The molecule has 0 atom stereocenters. The minimum atomic E-state index is 0.00111. The van der Waals surface area contributed by atoms with Crippen molar-refractivity contribution in [3.05, 3.63) is 63.9 Å². The van der Waals surface area contributed by atoms with Gasteiger partial charge in [-0.1, -0.05) is 28.1 Å². The van der Waals surface area contributed by atoms with Gasteiger partial charge in [-0.15, -0.1) is 0 Å². The zero-order valence-electron chi connectivity index (χ0n) is 8.94. The summed E-state index contributed by atoms with van der Waals surface area (Å²) in [5.41, 5.74) is 1.53. The molecule has 0 unspecified atom stereocenters. The number of para-hydroxylation sites is 1. The van der Waals surface area contributed by atoms with E-state index in [4.69, 9.17) is 4.74 Å². The summed E-state index contributed by atoms with van der Waals surface area (Å²) in [6.07, 6.45) is 6.19. The van der Waals surface area contributed by atoms with Crippen molar-refractivity contribution < 1.29 is 9.53 Å². The first-order chi connectivity index (χ1) is 8.24. The molecule has 0 amide bonds. The number of ether oxygens (including phenoxy) is 1. The van der Waals surface area contributed by atoms with Crippen molar-refractivity contribution in [1.29, 1.82) is 0 Å². The highest BCUT2D eigenvalue weighted by Gasteiger charge is 2.21. The predicted octanol–water partition coefficient (Wildman–Crippen LogP) is 3.75. The van der Waals surface area contributed by atoms with E-state index in [1.807, 2.05) is 30.4 Å². The van der Waals surface area contributed by atoms with Gasteiger partial charge in [0, 0.05) is 12.0 Å². The molecule has 2 aliphatic rings. The predicted molar refractivity (Wildman–Crippen MR) is 69.2 cm³/mol. The molecule has 1 aromatic rings. The summed E-state index contributed by atoms with van der Waals surface area (Å²) in [4.78, 5) is 12.0. The maximum Gasteiger partial charge on any atom is 0.190 e. The van der Waals surface area contributed by atoms with Crippen molar-refractivity contribution in [2.75, 3.05) is 0 Å². The molecule has 1 heterocycles. The van der Waals surface area contributed by atoms with Gasteiger partial charge in [-0.25, -0.2) is 0 Å². The maximum absolute atomic E-state index is 12.0. The lowest BCUT2D eigenvalue weighted by Gasteiger charge is -2.14. The van der Waals surface area contributed by atoms with Gasteiger partial charge in [-0.3, -0.25) is 4.79 Å². The van der Waals surface area contributed by atoms with Gasteiger partial charge in [0.05, 0.1) is 5.56 Å². The Kier molecular flexibility index (Phi) is 2.48. The van der Waals surface area contributed by atoms with Crippen molar-refractivity contribution in [3.8, 4) is 5.75 Å². The van der Waals surface area contributed by atoms with Crippen molar-refractivity contribution in [2.45, 2.75) is 6.42 Å². The quantitative estimate of drug-likeness (QED) is 0.727. The molecule has 1 aromatic carbocycles. The van der Waals surface area contributed by atoms with Gasteiger partial charge < -0.3 is 4.74 Å². The molecule has 0 bridgehead atoms. The monoisotopic (exact) mass is 288 g/mol. The zero-order valence-corrected chi connectivity index (χ0v) is 10.5. The van der Waals surface area contributed by atoms with Gasteiger partial charge in [0.1, 0.15) is 11.5 Å². The van der Waals surface area contributed by atoms with Crippen LogP contribution < -0.4 is 4.74 Å². The molecule has 0 saturated carbocycles. The molecule has 3 rings (SSSR count). The Morgan fingerprint density at radius 3 is 2.88 bits per heavy atom. The first-order valence-electron chi connectivity index (χ1n) is 5.32. The molecule has 0 aromatic heterocycles. The first-order valence-corrected chi connectivity index (χ1v) is 6.12. The second-order valence-electron chi connectivity index (χ2n) is 3.95. The van der Waals surface area contributed by atoms with Gasteiger partial charge in [-0.2, -0.15) is 0 Å². The molecule has 84 valence electrons. The highest BCUT2D eigenvalue weighted by atomic mass is 79.9. The number of fused-ring (bicyclic) bond motifs is 2.